The summed E-state index contributed by atoms with van der Waals surface area (Å²) in [5.74, 6) is 0.954. The van der Waals surface area contributed by atoms with Gasteiger partial charge in [-0.3, -0.25) is 4.79 Å². The van der Waals surface area contributed by atoms with Crippen LogP contribution in [-0.2, 0) is 0 Å². The van der Waals surface area contributed by atoms with Gasteiger partial charge in [0, 0.05) is 12.6 Å². The molecular formula is C12H18ClN3O. The first-order valence-corrected chi connectivity index (χ1v) is 5.61. The van der Waals surface area contributed by atoms with E-state index in [-0.39, 0.29) is 18.3 Å². The standard InChI is InChI=1S/C12H17N3O.ClH/c1-8-6-9(2)15(7-8)12(16)10-4-3-5-11(13)14-10;/h3-5,8-9H,6-7H2,1-2H3,(H2,13,14);1H. The Hall–Kier alpha value is -1.29. The van der Waals surface area contributed by atoms with Crippen molar-refractivity contribution in [3.05, 3.63) is 23.9 Å². The molecule has 1 aromatic heterocycles. The molecule has 1 aliphatic rings. The number of halogens is 1. The molecule has 1 aliphatic heterocycles. The fourth-order valence-electron chi connectivity index (χ4n) is 2.30. The first-order valence-electron chi connectivity index (χ1n) is 5.61. The second-order valence-electron chi connectivity index (χ2n) is 4.60. The lowest BCUT2D eigenvalue weighted by molar-refractivity contribution is 0.0738. The molecule has 2 heterocycles. The highest BCUT2D eigenvalue weighted by atomic mass is 35.5. The smallest absolute Gasteiger partial charge is 0.272 e. The molecule has 0 aliphatic carbocycles. The molecule has 5 heteroatoms. The molecule has 1 aromatic rings. The highest BCUT2D eigenvalue weighted by Gasteiger charge is 2.30. The molecular weight excluding hydrogens is 238 g/mol. The lowest BCUT2D eigenvalue weighted by Gasteiger charge is -2.20. The van der Waals surface area contributed by atoms with E-state index in [0.717, 1.165) is 13.0 Å². The van der Waals surface area contributed by atoms with E-state index < -0.39 is 0 Å². The van der Waals surface area contributed by atoms with Crippen molar-refractivity contribution in [2.75, 3.05) is 12.3 Å². The Morgan fingerprint density at radius 1 is 1.47 bits per heavy atom. The van der Waals surface area contributed by atoms with Crippen LogP contribution in [0.25, 0.3) is 0 Å². The van der Waals surface area contributed by atoms with Crippen LogP contribution < -0.4 is 5.73 Å². The number of likely N-dealkylation sites (tertiary alicyclic amines) is 1. The molecule has 0 spiro atoms. The van der Waals surface area contributed by atoms with E-state index in [4.69, 9.17) is 5.73 Å². The van der Waals surface area contributed by atoms with Gasteiger partial charge in [-0.15, -0.1) is 12.4 Å². The average Bonchev–Trinajstić information content (AvgIpc) is 2.57. The first-order chi connectivity index (χ1) is 7.58. The van der Waals surface area contributed by atoms with Gasteiger partial charge in [0.25, 0.3) is 5.91 Å². The fourth-order valence-corrected chi connectivity index (χ4v) is 2.30. The number of hydrogen-bond donors (Lipinski definition) is 1. The molecule has 1 amide bonds. The summed E-state index contributed by atoms with van der Waals surface area (Å²) in [6.45, 7) is 5.06. The van der Waals surface area contributed by atoms with Crippen LogP contribution in [0.2, 0.25) is 0 Å². The third-order valence-corrected chi connectivity index (χ3v) is 3.03. The minimum atomic E-state index is -0.0100. The van der Waals surface area contributed by atoms with Gasteiger partial charge in [-0.2, -0.15) is 0 Å². The zero-order chi connectivity index (χ0) is 11.7. The van der Waals surface area contributed by atoms with Crippen LogP contribution in [0.1, 0.15) is 30.8 Å². The van der Waals surface area contributed by atoms with E-state index in [0.29, 0.717) is 23.5 Å². The molecule has 2 unspecified atom stereocenters. The normalized spacial score (nSPS) is 23.3. The van der Waals surface area contributed by atoms with Gasteiger partial charge in [-0.25, -0.2) is 4.98 Å². The molecule has 2 atom stereocenters. The number of nitrogens with two attached hydrogens (primary N) is 1. The van der Waals surface area contributed by atoms with Gasteiger partial charge in [0.05, 0.1) is 0 Å². The number of nitrogen functional groups attached to an aromatic ring is 1. The Kier molecular flexibility index (Phi) is 4.34. The summed E-state index contributed by atoms with van der Waals surface area (Å²) in [6, 6.07) is 5.46. The number of amides is 1. The van der Waals surface area contributed by atoms with Gasteiger partial charge in [0.15, 0.2) is 0 Å². The van der Waals surface area contributed by atoms with Gasteiger partial charge < -0.3 is 10.6 Å². The van der Waals surface area contributed by atoms with Crippen molar-refractivity contribution in [3.8, 4) is 0 Å². The van der Waals surface area contributed by atoms with E-state index in [9.17, 15) is 4.79 Å². The van der Waals surface area contributed by atoms with Crippen molar-refractivity contribution in [2.24, 2.45) is 5.92 Å². The molecule has 2 rings (SSSR count). The predicted molar refractivity (Wildman–Crippen MR) is 70.2 cm³/mol. The summed E-state index contributed by atoms with van der Waals surface area (Å²) in [5.41, 5.74) is 6.02. The van der Waals surface area contributed by atoms with Gasteiger partial charge >= 0.3 is 0 Å². The van der Waals surface area contributed by atoms with Crippen molar-refractivity contribution in [3.63, 3.8) is 0 Å². The maximum absolute atomic E-state index is 12.2. The average molecular weight is 256 g/mol. The fraction of sp³-hybridized carbons (Fsp3) is 0.500. The van der Waals surface area contributed by atoms with Crippen molar-refractivity contribution < 1.29 is 4.79 Å². The topological polar surface area (TPSA) is 59.2 Å². The monoisotopic (exact) mass is 255 g/mol. The summed E-state index contributed by atoms with van der Waals surface area (Å²) in [4.78, 5) is 18.1. The van der Waals surface area contributed by atoms with Gasteiger partial charge in [-0.1, -0.05) is 13.0 Å². The summed E-state index contributed by atoms with van der Waals surface area (Å²) in [7, 11) is 0. The quantitative estimate of drug-likeness (QED) is 0.835. The highest BCUT2D eigenvalue weighted by Crippen LogP contribution is 2.23. The Morgan fingerprint density at radius 3 is 2.71 bits per heavy atom. The summed E-state index contributed by atoms with van der Waals surface area (Å²) >= 11 is 0. The van der Waals surface area contributed by atoms with Crippen molar-refractivity contribution >= 4 is 24.1 Å². The minimum absolute atomic E-state index is 0. The number of pyridine rings is 1. The van der Waals surface area contributed by atoms with Crippen molar-refractivity contribution in [2.45, 2.75) is 26.3 Å². The third-order valence-electron chi connectivity index (χ3n) is 3.03. The Balaban J connectivity index is 0.00000144. The van der Waals surface area contributed by atoms with E-state index in [1.807, 2.05) is 4.90 Å². The molecule has 0 bridgehead atoms. The Bertz CT molecular complexity index is 410. The van der Waals surface area contributed by atoms with E-state index in [2.05, 4.69) is 18.8 Å². The molecule has 0 aromatic carbocycles. The Labute approximate surface area is 108 Å². The van der Waals surface area contributed by atoms with Crippen LogP contribution in [0.5, 0.6) is 0 Å². The van der Waals surface area contributed by atoms with Crippen LogP contribution >= 0.6 is 12.4 Å². The number of carbonyl (C=O) groups excluding carboxylic acids is 1. The van der Waals surface area contributed by atoms with E-state index >= 15 is 0 Å². The molecule has 2 N–H and O–H groups in total. The van der Waals surface area contributed by atoms with Crippen molar-refractivity contribution in [1.29, 1.82) is 0 Å². The number of nitrogens with zero attached hydrogens (tertiary/aromatic N) is 2. The van der Waals surface area contributed by atoms with Crippen LogP contribution in [0.3, 0.4) is 0 Å². The number of rotatable bonds is 1. The SMILES string of the molecule is CC1CC(C)N(C(=O)c2cccc(N)n2)C1.Cl. The summed E-state index contributed by atoms with van der Waals surface area (Å²) < 4.78 is 0. The Morgan fingerprint density at radius 2 is 2.18 bits per heavy atom. The second kappa shape index (κ2) is 5.36. The maximum atomic E-state index is 12.2. The number of carbonyl (C=O) groups is 1. The molecule has 4 nitrogen and oxygen atoms in total. The lowest BCUT2D eigenvalue weighted by Crippen LogP contribution is -2.34. The van der Waals surface area contributed by atoms with Crippen LogP contribution in [-0.4, -0.2) is 28.4 Å². The maximum Gasteiger partial charge on any atom is 0.272 e. The zero-order valence-corrected chi connectivity index (χ0v) is 10.9. The van der Waals surface area contributed by atoms with Crippen LogP contribution in [0.15, 0.2) is 18.2 Å². The number of hydrogen-bond acceptors (Lipinski definition) is 3. The predicted octanol–water partition coefficient (Wildman–Crippen LogP) is 1.96. The van der Waals surface area contributed by atoms with Gasteiger partial charge in [0.1, 0.15) is 11.5 Å². The second-order valence-corrected chi connectivity index (χ2v) is 4.60. The van der Waals surface area contributed by atoms with Gasteiger partial charge in [0.2, 0.25) is 0 Å². The molecule has 1 fully saturated rings. The van der Waals surface area contributed by atoms with E-state index in [1.165, 1.54) is 0 Å². The lowest BCUT2D eigenvalue weighted by atomic mass is 10.1. The van der Waals surface area contributed by atoms with Crippen LogP contribution in [0.4, 0.5) is 5.82 Å². The van der Waals surface area contributed by atoms with Crippen LogP contribution in [0, 0.1) is 5.92 Å². The molecule has 0 saturated carbocycles. The number of anilines is 1. The molecule has 0 radical (unpaired) electrons. The molecule has 17 heavy (non-hydrogen) atoms. The minimum Gasteiger partial charge on any atom is -0.384 e. The van der Waals surface area contributed by atoms with Gasteiger partial charge in [-0.05, 0) is 31.4 Å². The third kappa shape index (κ3) is 2.88. The zero-order valence-electron chi connectivity index (χ0n) is 10.1. The summed E-state index contributed by atoms with van der Waals surface area (Å²) in [6.07, 6.45) is 1.06. The largest absolute Gasteiger partial charge is 0.384 e. The van der Waals surface area contributed by atoms with Crippen molar-refractivity contribution in [1.82, 2.24) is 9.88 Å². The molecule has 94 valence electrons. The highest BCUT2D eigenvalue weighted by molar-refractivity contribution is 5.93. The van der Waals surface area contributed by atoms with E-state index in [1.54, 1.807) is 18.2 Å². The first kappa shape index (κ1) is 13.8. The molecule has 1 saturated heterocycles. The number of aromatic nitrogens is 1. The summed E-state index contributed by atoms with van der Waals surface area (Å²) in [5, 5.41) is 0.